The molecule has 5 heteroatoms. The Labute approximate surface area is 115 Å². The van der Waals surface area contributed by atoms with Gasteiger partial charge in [-0.15, -0.1) is 0 Å². The summed E-state index contributed by atoms with van der Waals surface area (Å²) in [5, 5.41) is 12.2. The highest BCUT2D eigenvalue weighted by molar-refractivity contribution is 6.32. The summed E-state index contributed by atoms with van der Waals surface area (Å²) in [7, 11) is 0. The summed E-state index contributed by atoms with van der Waals surface area (Å²) in [6.45, 7) is 0.340. The quantitative estimate of drug-likeness (QED) is 0.807. The highest BCUT2D eigenvalue weighted by Crippen LogP contribution is 2.24. The van der Waals surface area contributed by atoms with Crippen molar-refractivity contribution in [3.05, 3.63) is 58.6 Å². The first-order valence-electron chi connectivity index (χ1n) is 5.69. The minimum absolute atomic E-state index is 0.0550. The van der Waals surface area contributed by atoms with Crippen LogP contribution in [0.3, 0.4) is 0 Å². The smallest absolute Gasteiger partial charge is 0.255 e. The summed E-state index contributed by atoms with van der Waals surface area (Å²) in [6.07, 6.45) is 0. The summed E-state index contributed by atoms with van der Waals surface area (Å²) in [5.41, 5.74) is 7.49. The first-order chi connectivity index (χ1) is 9.11. The van der Waals surface area contributed by atoms with Crippen LogP contribution in [0.4, 0.5) is 5.69 Å². The fraction of sp³-hybridized carbons (Fsp3) is 0.0714. The molecule has 2 rings (SSSR count). The first kappa shape index (κ1) is 13.4. The molecule has 98 valence electrons. The third-order valence-electron chi connectivity index (χ3n) is 2.70. The Bertz CT molecular complexity index is 614. The van der Waals surface area contributed by atoms with Crippen molar-refractivity contribution in [2.24, 2.45) is 5.73 Å². The van der Waals surface area contributed by atoms with Gasteiger partial charge in [0.1, 0.15) is 5.75 Å². The highest BCUT2D eigenvalue weighted by atomic mass is 35.5. The molecule has 0 aliphatic rings. The third kappa shape index (κ3) is 3.05. The Morgan fingerprint density at radius 1 is 1.26 bits per heavy atom. The molecule has 4 N–H and O–H groups in total. The van der Waals surface area contributed by atoms with Gasteiger partial charge in [-0.2, -0.15) is 0 Å². The number of nitrogens with two attached hydrogens (primary N) is 1. The molecule has 0 fully saturated rings. The molecule has 0 atom stereocenters. The molecule has 0 heterocycles. The second-order valence-electron chi connectivity index (χ2n) is 3.98. The van der Waals surface area contributed by atoms with Crippen LogP contribution in [0, 0.1) is 0 Å². The van der Waals surface area contributed by atoms with Crippen molar-refractivity contribution in [2.45, 2.75) is 6.54 Å². The number of hydrogen-bond donors (Lipinski definition) is 3. The van der Waals surface area contributed by atoms with E-state index in [1.165, 1.54) is 18.2 Å². The molecule has 0 unspecified atom stereocenters. The molecule has 0 aromatic heterocycles. The van der Waals surface area contributed by atoms with Crippen LogP contribution in [0.25, 0.3) is 0 Å². The SMILES string of the molecule is NCc1ccccc1NC(=O)c1ccc(O)c(Cl)c1. The Hall–Kier alpha value is -2.04. The van der Waals surface area contributed by atoms with Crippen LogP contribution in [-0.4, -0.2) is 11.0 Å². The molecule has 0 aliphatic heterocycles. The lowest BCUT2D eigenvalue weighted by Crippen LogP contribution is -2.14. The second kappa shape index (κ2) is 5.73. The van der Waals surface area contributed by atoms with Crippen LogP contribution in [0.1, 0.15) is 15.9 Å². The number of carbonyl (C=O) groups excluding carboxylic acids is 1. The van der Waals surface area contributed by atoms with E-state index in [9.17, 15) is 9.90 Å². The average molecular weight is 277 g/mol. The summed E-state index contributed by atoms with van der Waals surface area (Å²) in [6, 6.07) is 11.6. The molecule has 0 spiro atoms. The van der Waals surface area contributed by atoms with E-state index < -0.39 is 0 Å². The lowest BCUT2D eigenvalue weighted by atomic mass is 10.1. The largest absolute Gasteiger partial charge is 0.506 e. The van der Waals surface area contributed by atoms with Gasteiger partial charge < -0.3 is 16.2 Å². The van der Waals surface area contributed by atoms with E-state index in [2.05, 4.69) is 5.32 Å². The predicted molar refractivity (Wildman–Crippen MR) is 75.4 cm³/mol. The maximum atomic E-state index is 12.1. The van der Waals surface area contributed by atoms with Gasteiger partial charge in [-0.1, -0.05) is 29.8 Å². The van der Waals surface area contributed by atoms with E-state index in [0.717, 1.165) is 5.56 Å². The van der Waals surface area contributed by atoms with Gasteiger partial charge in [0, 0.05) is 17.8 Å². The summed E-state index contributed by atoms with van der Waals surface area (Å²) in [5.74, 6) is -0.358. The fourth-order valence-electron chi connectivity index (χ4n) is 1.66. The molecule has 0 bridgehead atoms. The number of phenolic OH excluding ortho intramolecular Hbond substituents is 1. The maximum absolute atomic E-state index is 12.1. The molecule has 2 aromatic carbocycles. The number of hydrogen-bond acceptors (Lipinski definition) is 3. The van der Waals surface area contributed by atoms with Crippen molar-refractivity contribution in [3.8, 4) is 5.75 Å². The number of halogens is 1. The molecule has 19 heavy (non-hydrogen) atoms. The zero-order valence-corrected chi connectivity index (χ0v) is 10.8. The van der Waals surface area contributed by atoms with Crippen molar-refractivity contribution < 1.29 is 9.90 Å². The normalized spacial score (nSPS) is 10.2. The van der Waals surface area contributed by atoms with Crippen LogP contribution in [0.2, 0.25) is 5.02 Å². The fourth-order valence-corrected chi connectivity index (χ4v) is 1.84. The van der Waals surface area contributed by atoms with E-state index in [1.54, 1.807) is 6.07 Å². The lowest BCUT2D eigenvalue weighted by molar-refractivity contribution is 0.102. The van der Waals surface area contributed by atoms with Crippen LogP contribution < -0.4 is 11.1 Å². The third-order valence-corrected chi connectivity index (χ3v) is 3.00. The topological polar surface area (TPSA) is 75.3 Å². The minimum Gasteiger partial charge on any atom is -0.506 e. The molecular formula is C14H13ClN2O2. The number of anilines is 1. The molecule has 1 amide bonds. The van der Waals surface area contributed by atoms with Crippen molar-refractivity contribution in [1.82, 2.24) is 0 Å². The number of para-hydroxylation sites is 1. The highest BCUT2D eigenvalue weighted by Gasteiger charge is 2.10. The Morgan fingerprint density at radius 2 is 2.00 bits per heavy atom. The van der Waals surface area contributed by atoms with Gasteiger partial charge in [-0.25, -0.2) is 0 Å². The molecule has 4 nitrogen and oxygen atoms in total. The number of phenols is 1. The number of nitrogens with one attached hydrogen (secondary N) is 1. The Balaban J connectivity index is 2.23. The van der Waals surface area contributed by atoms with Crippen LogP contribution in [0.15, 0.2) is 42.5 Å². The predicted octanol–water partition coefficient (Wildman–Crippen LogP) is 2.76. The van der Waals surface area contributed by atoms with Crippen LogP contribution >= 0.6 is 11.6 Å². The monoisotopic (exact) mass is 276 g/mol. The molecular weight excluding hydrogens is 264 g/mol. The van der Waals surface area contributed by atoms with Crippen LogP contribution in [0.5, 0.6) is 5.75 Å². The first-order valence-corrected chi connectivity index (χ1v) is 6.07. The van der Waals surface area contributed by atoms with Crippen molar-refractivity contribution >= 4 is 23.2 Å². The zero-order chi connectivity index (χ0) is 13.8. The number of carbonyl (C=O) groups is 1. The number of amides is 1. The van der Waals surface area contributed by atoms with E-state index >= 15 is 0 Å². The van der Waals surface area contributed by atoms with Gasteiger partial charge in [0.15, 0.2) is 0 Å². The number of benzene rings is 2. The van der Waals surface area contributed by atoms with Crippen LogP contribution in [-0.2, 0) is 6.54 Å². The molecule has 0 saturated heterocycles. The van der Waals surface area contributed by atoms with Gasteiger partial charge >= 0.3 is 0 Å². The maximum Gasteiger partial charge on any atom is 0.255 e. The average Bonchev–Trinajstić information content (AvgIpc) is 2.42. The zero-order valence-electron chi connectivity index (χ0n) is 10.1. The second-order valence-corrected chi connectivity index (χ2v) is 4.39. The Kier molecular flexibility index (Phi) is 4.04. The van der Waals surface area contributed by atoms with Gasteiger partial charge in [0.05, 0.1) is 5.02 Å². The van der Waals surface area contributed by atoms with E-state index in [1.807, 2.05) is 18.2 Å². The van der Waals surface area contributed by atoms with Gasteiger partial charge in [-0.3, -0.25) is 4.79 Å². The van der Waals surface area contributed by atoms with Gasteiger partial charge in [-0.05, 0) is 29.8 Å². The van der Waals surface area contributed by atoms with Crippen molar-refractivity contribution in [2.75, 3.05) is 5.32 Å². The molecule has 0 saturated carbocycles. The Morgan fingerprint density at radius 3 is 2.68 bits per heavy atom. The molecule has 0 radical (unpaired) electrons. The molecule has 2 aromatic rings. The van der Waals surface area contributed by atoms with E-state index in [-0.39, 0.29) is 16.7 Å². The minimum atomic E-state index is -0.303. The van der Waals surface area contributed by atoms with Gasteiger partial charge in [0.25, 0.3) is 5.91 Å². The van der Waals surface area contributed by atoms with Crippen molar-refractivity contribution in [1.29, 1.82) is 0 Å². The van der Waals surface area contributed by atoms with E-state index in [4.69, 9.17) is 17.3 Å². The standard InChI is InChI=1S/C14H13ClN2O2/c15-11-7-9(5-6-13(11)18)14(19)17-12-4-2-1-3-10(12)8-16/h1-7,18H,8,16H2,(H,17,19). The summed E-state index contributed by atoms with van der Waals surface area (Å²) < 4.78 is 0. The number of rotatable bonds is 3. The van der Waals surface area contributed by atoms with Crippen molar-refractivity contribution in [3.63, 3.8) is 0 Å². The van der Waals surface area contributed by atoms with Gasteiger partial charge in [0.2, 0.25) is 0 Å². The summed E-state index contributed by atoms with van der Waals surface area (Å²) >= 11 is 5.77. The summed E-state index contributed by atoms with van der Waals surface area (Å²) in [4.78, 5) is 12.1. The molecule has 0 aliphatic carbocycles. The van der Waals surface area contributed by atoms with E-state index in [0.29, 0.717) is 17.8 Å². The number of aromatic hydroxyl groups is 1. The lowest BCUT2D eigenvalue weighted by Gasteiger charge is -2.10.